The van der Waals surface area contributed by atoms with Crippen molar-refractivity contribution in [3.05, 3.63) is 53.1 Å². The quantitative estimate of drug-likeness (QED) is 0.841. The van der Waals surface area contributed by atoms with Crippen LogP contribution >= 0.6 is 0 Å². The van der Waals surface area contributed by atoms with Crippen LogP contribution in [-0.2, 0) is 12.8 Å². The summed E-state index contributed by atoms with van der Waals surface area (Å²) in [5.74, 6) is 2.50. The first-order valence-corrected chi connectivity index (χ1v) is 8.24. The van der Waals surface area contributed by atoms with Gasteiger partial charge in [0.2, 0.25) is 0 Å². The van der Waals surface area contributed by atoms with Crippen molar-refractivity contribution in [3.63, 3.8) is 0 Å². The minimum atomic E-state index is 0.335. The molecule has 1 heterocycles. The van der Waals surface area contributed by atoms with Gasteiger partial charge in [0, 0.05) is 12.6 Å². The van der Waals surface area contributed by atoms with Gasteiger partial charge in [-0.3, -0.25) is 4.90 Å². The van der Waals surface area contributed by atoms with Crippen LogP contribution in [-0.4, -0.2) is 39.8 Å². The predicted octanol–water partition coefficient (Wildman–Crippen LogP) is 3.48. The maximum Gasteiger partial charge on any atom is 0.161 e. The maximum absolute atomic E-state index is 5.51. The molecule has 1 aliphatic rings. The number of rotatable bonds is 5. The summed E-state index contributed by atoms with van der Waals surface area (Å²) in [7, 11) is 7.26. The van der Waals surface area contributed by atoms with Crippen LogP contribution in [0.1, 0.15) is 22.7 Å². The smallest absolute Gasteiger partial charge is 0.161 e. The molecule has 2 aromatic carbocycles. The summed E-state index contributed by atoms with van der Waals surface area (Å²) in [6.07, 6.45) is 1.99. The Balaban J connectivity index is 1.93. The highest BCUT2D eigenvalue weighted by atomic mass is 16.5. The molecular weight excluding hydrogens is 302 g/mol. The van der Waals surface area contributed by atoms with Crippen molar-refractivity contribution in [2.75, 3.05) is 34.9 Å². The van der Waals surface area contributed by atoms with Crippen molar-refractivity contribution in [2.24, 2.45) is 0 Å². The van der Waals surface area contributed by atoms with Crippen molar-refractivity contribution in [2.45, 2.75) is 18.9 Å². The first kappa shape index (κ1) is 16.7. The van der Waals surface area contributed by atoms with Crippen LogP contribution in [0.4, 0.5) is 0 Å². The molecule has 0 spiro atoms. The molecule has 0 bridgehead atoms. The van der Waals surface area contributed by atoms with Crippen molar-refractivity contribution in [3.8, 4) is 17.2 Å². The second-order valence-corrected chi connectivity index (χ2v) is 6.20. The normalized spacial score (nSPS) is 17.2. The molecule has 0 aliphatic carbocycles. The molecule has 0 saturated heterocycles. The summed E-state index contributed by atoms with van der Waals surface area (Å²) >= 11 is 0. The Kier molecular flexibility index (Phi) is 4.95. The fourth-order valence-electron chi connectivity index (χ4n) is 3.40. The lowest BCUT2D eigenvalue weighted by atomic mass is 9.88. The Morgan fingerprint density at radius 1 is 0.958 bits per heavy atom. The summed E-state index contributed by atoms with van der Waals surface area (Å²) < 4.78 is 16.2. The molecule has 4 nitrogen and oxygen atoms in total. The van der Waals surface area contributed by atoms with E-state index in [1.165, 1.54) is 16.7 Å². The topological polar surface area (TPSA) is 30.9 Å². The van der Waals surface area contributed by atoms with Crippen molar-refractivity contribution in [1.29, 1.82) is 0 Å². The van der Waals surface area contributed by atoms with Gasteiger partial charge in [0.1, 0.15) is 5.75 Å². The van der Waals surface area contributed by atoms with Crippen molar-refractivity contribution < 1.29 is 14.2 Å². The van der Waals surface area contributed by atoms with Gasteiger partial charge in [0.25, 0.3) is 0 Å². The Labute approximate surface area is 144 Å². The van der Waals surface area contributed by atoms with Gasteiger partial charge in [-0.25, -0.2) is 0 Å². The van der Waals surface area contributed by atoms with Gasteiger partial charge in [0.05, 0.1) is 21.3 Å². The van der Waals surface area contributed by atoms with E-state index >= 15 is 0 Å². The molecule has 0 amide bonds. The van der Waals surface area contributed by atoms with Crippen LogP contribution in [0.15, 0.2) is 36.4 Å². The Morgan fingerprint density at radius 2 is 1.62 bits per heavy atom. The SMILES string of the molecule is COc1ccc(C[C@H]2c3cc(OC)c(OC)cc3CCN2C)cc1. The van der Waals surface area contributed by atoms with Gasteiger partial charge < -0.3 is 14.2 Å². The monoisotopic (exact) mass is 327 g/mol. The molecule has 0 aromatic heterocycles. The second-order valence-electron chi connectivity index (χ2n) is 6.20. The molecule has 2 aromatic rings. The summed E-state index contributed by atoms with van der Waals surface area (Å²) in [5, 5.41) is 0. The number of fused-ring (bicyclic) bond motifs is 1. The van der Waals surface area contributed by atoms with E-state index in [9.17, 15) is 0 Å². The predicted molar refractivity (Wildman–Crippen MR) is 95.3 cm³/mol. The first-order valence-electron chi connectivity index (χ1n) is 8.24. The maximum atomic E-state index is 5.51. The summed E-state index contributed by atoms with van der Waals surface area (Å²) in [5.41, 5.74) is 3.98. The molecule has 0 radical (unpaired) electrons. The summed E-state index contributed by atoms with van der Waals surface area (Å²) in [4.78, 5) is 2.42. The van der Waals surface area contributed by atoms with Gasteiger partial charge >= 0.3 is 0 Å². The first-order chi connectivity index (χ1) is 11.7. The molecule has 0 saturated carbocycles. The zero-order valence-corrected chi connectivity index (χ0v) is 14.8. The highest BCUT2D eigenvalue weighted by Gasteiger charge is 2.27. The van der Waals surface area contributed by atoms with Crippen LogP contribution in [0.2, 0.25) is 0 Å². The average molecular weight is 327 g/mol. The van der Waals surface area contributed by atoms with E-state index in [1.807, 2.05) is 12.1 Å². The van der Waals surface area contributed by atoms with E-state index in [0.29, 0.717) is 6.04 Å². The third-order valence-corrected chi connectivity index (χ3v) is 4.86. The van der Waals surface area contributed by atoms with E-state index in [2.05, 4.69) is 36.2 Å². The number of methoxy groups -OCH3 is 3. The molecule has 0 unspecified atom stereocenters. The van der Waals surface area contributed by atoms with Crippen LogP contribution < -0.4 is 14.2 Å². The van der Waals surface area contributed by atoms with Crippen molar-refractivity contribution >= 4 is 0 Å². The van der Waals surface area contributed by atoms with E-state index in [1.54, 1.807) is 21.3 Å². The van der Waals surface area contributed by atoms with Crippen molar-refractivity contribution in [1.82, 2.24) is 4.90 Å². The minimum Gasteiger partial charge on any atom is -0.497 e. The van der Waals surface area contributed by atoms with E-state index in [4.69, 9.17) is 14.2 Å². The molecule has 1 aliphatic heterocycles. The van der Waals surface area contributed by atoms with Gasteiger partial charge in [-0.2, -0.15) is 0 Å². The van der Waals surface area contributed by atoms with E-state index in [0.717, 1.165) is 36.6 Å². The number of ether oxygens (including phenoxy) is 3. The lowest BCUT2D eigenvalue weighted by Gasteiger charge is -2.35. The molecule has 0 fully saturated rings. The highest BCUT2D eigenvalue weighted by molar-refractivity contribution is 5.49. The molecule has 4 heteroatoms. The summed E-state index contributed by atoms with van der Waals surface area (Å²) in [6, 6.07) is 12.9. The van der Waals surface area contributed by atoms with Gasteiger partial charge in [-0.05, 0) is 60.8 Å². The fourth-order valence-corrected chi connectivity index (χ4v) is 3.40. The van der Waals surface area contributed by atoms with Gasteiger partial charge in [-0.1, -0.05) is 12.1 Å². The lowest BCUT2D eigenvalue weighted by Crippen LogP contribution is -2.33. The molecule has 3 rings (SSSR count). The number of likely N-dealkylation sites (N-methyl/N-ethyl adjacent to an activating group) is 1. The van der Waals surface area contributed by atoms with Gasteiger partial charge in [0.15, 0.2) is 11.5 Å². The Morgan fingerprint density at radius 3 is 2.25 bits per heavy atom. The van der Waals surface area contributed by atoms with Gasteiger partial charge in [-0.15, -0.1) is 0 Å². The van der Waals surface area contributed by atoms with E-state index in [-0.39, 0.29) is 0 Å². The minimum absolute atomic E-state index is 0.335. The highest BCUT2D eigenvalue weighted by Crippen LogP contribution is 2.38. The molecule has 0 N–H and O–H groups in total. The standard InChI is InChI=1S/C20H25NO3/c1-21-10-9-15-12-19(23-3)20(24-4)13-17(15)18(21)11-14-5-7-16(22-2)8-6-14/h5-8,12-13,18H,9-11H2,1-4H3/t18-/m0/s1. The lowest BCUT2D eigenvalue weighted by molar-refractivity contribution is 0.228. The third kappa shape index (κ3) is 3.20. The zero-order chi connectivity index (χ0) is 17.1. The average Bonchev–Trinajstić information content (AvgIpc) is 2.63. The number of hydrogen-bond donors (Lipinski definition) is 0. The van der Waals surface area contributed by atoms with Crippen LogP contribution in [0.3, 0.4) is 0 Å². The number of hydrogen-bond acceptors (Lipinski definition) is 4. The van der Waals surface area contributed by atoms with E-state index < -0.39 is 0 Å². The number of benzene rings is 2. The largest absolute Gasteiger partial charge is 0.497 e. The summed E-state index contributed by atoms with van der Waals surface area (Å²) in [6.45, 7) is 1.04. The Bertz CT molecular complexity index is 697. The molecule has 1 atom stereocenters. The van der Waals surface area contributed by atoms with Crippen LogP contribution in [0.25, 0.3) is 0 Å². The molecule has 24 heavy (non-hydrogen) atoms. The Hall–Kier alpha value is -2.20. The molecule has 128 valence electrons. The third-order valence-electron chi connectivity index (χ3n) is 4.86. The van der Waals surface area contributed by atoms with Crippen LogP contribution in [0.5, 0.6) is 17.2 Å². The zero-order valence-electron chi connectivity index (χ0n) is 14.8. The fraction of sp³-hybridized carbons (Fsp3) is 0.400. The van der Waals surface area contributed by atoms with Crippen LogP contribution in [0, 0.1) is 0 Å². The number of nitrogens with zero attached hydrogens (tertiary/aromatic N) is 1. The second kappa shape index (κ2) is 7.14. The molecular formula is C20H25NO3.